The second-order valence-corrected chi connectivity index (χ2v) is 2.61. The van der Waals surface area contributed by atoms with Crippen LogP contribution in [0.3, 0.4) is 0 Å². The molecule has 1 atom stereocenters. The molecule has 7 heteroatoms. The van der Waals surface area contributed by atoms with Crippen LogP contribution >= 0.6 is 11.8 Å². The van der Waals surface area contributed by atoms with Gasteiger partial charge >= 0.3 is 23.1 Å². The number of thioether (sulfide) groups is 1. The second kappa shape index (κ2) is 5.64. The van der Waals surface area contributed by atoms with Crippen LogP contribution in [0.4, 0.5) is 4.79 Å². The van der Waals surface area contributed by atoms with Crippen molar-refractivity contribution in [2.75, 3.05) is 5.75 Å². The molecule has 1 heterocycles. The molecule has 0 spiro atoms. The van der Waals surface area contributed by atoms with E-state index in [-0.39, 0.29) is 39.5 Å². The molecule has 1 saturated heterocycles. The molecule has 0 bridgehead atoms. The van der Waals surface area contributed by atoms with Gasteiger partial charge in [0.15, 0.2) is 0 Å². The summed E-state index contributed by atoms with van der Waals surface area (Å²) in [6, 6.07) is -0.789. The van der Waals surface area contributed by atoms with Gasteiger partial charge in [0, 0.05) is 5.75 Å². The van der Waals surface area contributed by atoms with Crippen molar-refractivity contribution in [1.29, 1.82) is 0 Å². The van der Waals surface area contributed by atoms with Gasteiger partial charge in [0.05, 0.1) is 12.0 Å². The van der Waals surface area contributed by atoms with Crippen molar-refractivity contribution in [1.82, 2.24) is 5.32 Å². The van der Waals surface area contributed by atoms with Gasteiger partial charge in [-0.1, -0.05) is 11.8 Å². The zero-order valence-corrected chi connectivity index (χ0v) is 7.80. The molecule has 0 aromatic heterocycles. The summed E-state index contributed by atoms with van der Waals surface area (Å²) in [6.07, 6.45) is 0. The largest absolute Gasteiger partial charge is 2.00 e. The van der Waals surface area contributed by atoms with Gasteiger partial charge in [-0.3, -0.25) is 4.79 Å². The summed E-state index contributed by atoms with van der Waals surface area (Å²) in [5, 5.41) is 11.9. The van der Waals surface area contributed by atoms with Crippen LogP contribution in [0, 0.1) is 0 Å². The summed E-state index contributed by atoms with van der Waals surface area (Å²) >= 11 is 0.963. The Morgan fingerprint density at radius 1 is 1.73 bits per heavy atom. The molecule has 1 fully saturated rings. The first-order valence-electron chi connectivity index (χ1n) is 2.34. The van der Waals surface area contributed by atoms with Crippen LogP contribution in [-0.2, 0) is 4.79 Å². The quantitative estimate of drug-likeness (QED) is 0.479. The van der Waals surface area contributed by atoms with Crippen LogP contribution in [0.2, 0.25) is 0 Å². The molecule has 58 valence electrons. The Labute approximate surface area is 83.4 Å². The maximum atomic E-state index is 10.3. The van der Waals surface area contributed by atoms with Crippen LogP contribution in [-0.4, -0.2) is 51.5 Å². The summed E-state index contributed by atoms with van der Waals surface area (Å²) < 4.78 is 0. The Morgan fingerprint density at radius 2 is 2.27 bits per heavy atom. The number of nitrogens with one attached hydrogen (secondary N) is 1. The van der Waals surface area contributed by atoms with Gasteiger partial charge in [0.25, 0.3) is 5.24 Å². The van der Waals surface area contributed by atoms with E-state index in [1.807, 2.05) is 0 Å². The molecule has 1 aliphatic rings. The summed E-state index contributed by atoms with van der Waals surface area (Å²) in [7, 11) is 0. The first-order chi connectivity index (χ1) is 4.20. The van der Waals surface area contributed by atoms with Crippen molar-refractivity contribution in [2.24, 2.45) is 0 Å². The van der Waals surface area contributed by atoms with Gasteiger partial charge in [-0.05, 0) is 0 Å². The third-order valence-electron chi connectivity index (χ3n) is 0.958. The molecule has 0 aliphatic carbocycles. The summed E-state index contributed by atoms with van der Waals surface area (Å²) in [4.78, 5) is 20.3. The fraction of sp³-hybridized carbons (Fsp3) is 0.500. The summed E-state index contributed by atoms with van der Waals surface area (Å²) in [5.41, 5.74) is 0. The predicted octanol–water partition coefficient (Wildman–Crippen LogP) is -2.00. The third-order valence-corrected chi connectivity index (χ3v) is 1.84. The standard InChI is InChI=1S/C4H5NO3S.Mg.H2O/c6-3(7)2-1-9-4(8)5-2;;/h2H,1H2,(H,5,8)(H,6,7);;1H2/q;+2;/p-2. The van der Waals surface area contributed by atoms with Gasteiger partial charge in [-0.2, -0.15) is 0 Å². The van der Waals surface area contributed by atoms with Crippen molar-refractivity contribution in [3.8, 4) is 0 Å². The second-order valence-electron chi connectivity index (χ2n) is 1.61. The van der Waals surface area contributed by atoms with Crippen molar-refractivity contribution in [3.63, 3.8) is 0 Å². The minimum absolute atomic E-state index is 0. The molecule has 0 aromatic rings. The predicted molar refractivity (Wildman–Crippen MR) is 37.5 cm³/mol. The maximum Gasteiger partial charge on any atom is 2.00 e. The van der Waals surface area contributed by atoms with Crippen molar-refractivity contribution < 1.29 is 20.2 Å². The smallest absolute Gasteiger partial charge is 0.870 e. The van der Waals surface area contributed by atoms with E-state index < -0.39 is 12.0 Å². The number of aliphatic carboxylic acids is 1. The third kappa shape index (κ3) is 3.80. The van der Waals surface area contributed by atoms with E-state index >= 15 is 0 Å². The minimum atomic E-state index is -1.21. The van der Waals surface area contributed by atoms with Gasteiger partial charge in [0.1, 0.15) is 0 Å². The first-order valence-corrected chi connectivity index (χ1v) is 3.33. The molecule has 0 aromatic carbocycles. The number of carbonyl (C=O) groups is 2. The molecule has 5 nitrogen and oxygen atoms in total. The van der Waals surface area contributed by atoms with Gasteiger partial charge in [-0.15, -0.1) is 0 Å². The first kappa shape index (κ1) is 13.6. The van der Waals surface area contributed by atoms with E-state index in [1.165, 1.54) is 0 Å². The summed E-state index contributed by atoms with van der Waals surface area (Å²) in [5.74, 6) is -0.936. The molecule has 1 rings (SSSR count). The SMILES string of the molecule is O=C1NC(C(=O)[O-])CS1.[Mg+2].[OH-]. The Kier molecular flexibility index (Phi) is 6.97. The van der Waals surface area contributed by atoms with Gasteiger partial charge in [-0.25, -0.2) is 0 Å². The van der Waals surface area contributed by atoms with Crippen molar-refractivity contribution in [3.05, 3.63) is 0 Å². The normalized spacial score (nSPS) is 21.1. The average molecular weight is 187 g/mol. The van der Waals surface area contributed by atoms with E-state index in [0.717, 1.165) is 11.8 Å². The van der Waals surface area contributed by atoms with Crippen molar-refractivity contribution >= 4 is 46.0 Å². The Bertz CT molecular complexity index is 164. The monoisotopic (exact) mass is 187 g/mol. The van der Waals surface area contributed by atoms with E-state index in [9.17, 15) is 14.7 Å². The molecule has 1 amide bonds. The number of hydrogen-bond acceptors (Lipinski definition) is 5. The molecule has 2 N–H and O–H groups in total. The maximum absolute atomic E-state index is 10.3. The summed E-state index contributed by atoms with van der Waals surface area (Å²) in [6.45, 7) is 0. The van der Waals surface area contributed by atoms with Crippen LogP contribution < -0.4 is 10.4 Å². The van der Waals surface area contributed by atoms with E-state index in [4.69, 9.17) is 0 Å². The topological polar surface area (TPSA) is 99.2 Å². The van der Waals surface area contributed by atoms with Crippen LogP contribution in [0.5, 0.6) is 0 Å². The number of carboxylic acid groups (broad SMARTS) is 1. The molecule has 11 heavy (non-hydrogen) atoms. The number of amides is 1. The zero-order chi connectivity index (χ0) is 6.85. The number of hydrogen-bond donors (Lipinski definition) is 1. The minimum Gasteiger partial charge on any atom is -0.870 e. The molecule has 0 radical (unpaired) electrons. The van der Waals surface area contributed by atoms with E-state index in [2.05, 4.69) is 5.32 Å². The van der Waals surface area contributed by atoms with Crippen LogP contribution in [0.1, 0.15) is 0 Å². The van der Waals surface area contributed by atoms with Gasteiger partial charge < -0.3 is 20.7 Å². The van der Waals surface area contributed by atoms with Crippen LogP contribution in [0.25, 0.3) is 0 Å². The molecule has 0 saturated carbocycles. The Balaban J connectivity index is 0. The fourth-order valence-corrected chi connectivity index (χ4v) is 1.27. The molecular weight excluding hydrogens is 182 g/mol. The number of carboxylic acids is 1. The Morgan fingerprint density at radius 3 is 2.45 bits per heavy atom. The van der Waals surface area contributed by atoms with E-state index in [1.54, 1.807) is 0 Å². The fourth-order valence-electron chi connectivity index (χ4n) is 0.512. The number of carbonyl (C=O) groups excluding carboxylic acids is 2. The molecular formula is C4H5MgNO4S. The molecule has 1 aliphatic heterocycles. The van der Waals surface area contributed by atoms with Crippen molar-refractivity contribution in [2.45, 2.75) is 6.04 Å². The Hall–Kier alpha value is 0.0162. The van der Waals surface area contributed by atoms with Gasteiger partial charge in [0.2, 0.25) is 0 Å². The number of rotatable bonds is 1. The van der Waals surface area contributed by atoms with E-state index in [0.29, 0.717) is 0 Å². The molecule has 1 unspecified atom stereocenters. The average Bonchev–Trinajstić information content (AvgIpc) is 2.14. The van der Waals surface area contributed by atoms with Crippen LogP contribution in [0.15, 0.2) is 0 Å². The zero-order valence-electron chi connectivity index (χ0n) is 5.57.